The first kappa shape index (κ1) is 15.5. The van der Waals surface area contributed by atoms with Crippen molar-refractivity contribution in [1.82, 2.24) is 10.3 Å². The summed E-state index contributed by atoms with van der Waals surface area (Å²) in [5.41, 5.74) is 1.22. The van der Waals surface area contributed by atoms with Crippen LogP contribution in [0.25, 0.3) is 0 Å². The smallest absolute Gasteiger partial charge is 0.0960 e. The maximum absolute atomic E-state index is 8.96. The van der Waals surface area contributed by atoms with Crippen LogP contribution < -0.4 is 5.32 Å². The Bertz CT molecular complexity index is 327. The Kier molecular flexibility index (Phi) is 7.32. The molecule has 1 atom stereocenters. The second-order valence-corrected chi connectivity index (χ2v) is 6.17. The second kappa shape index (κ2) is 8.51. The van der Waals surface area contributed by atoms with Crippen molar-refractivity contribution in [3.63, 3.8) is 0 Å². The summed E-state index contributed by atoms with van der Waals surface area (Å²) >= 11 is 1.70. The highest BCUT2D eigenvalue weighted by Gasteiger charge is 2.02. The van der Waals surface area contributed by atoms with Crippen molar-refractivity contribution in [2.45, 2.75) is 32.3 Å². The lowest BCUT2D eigenvalue weighted by molar-refractivity contribution is 0.250. The molecule has 18 heavy (non-hydrogen) atoms. The van der Waals surface area contributed by atoms with Gasteiger partial charge in [0, 0.05) is 25.1 Å². The average molecular weight is 268 g/mol. The van der Waals surface area contributed by atoms with Crippen molar-refractivity contribution in [2.75, 3.05) is 18.9 Å². The number of aliphatic hydroxyl groups is 1. The Balaban J connectivity index is 2.33. The van der Waals surface area contributed by atoms with E-state index in [1.165, 1.54) is 5.56 Å². The normalized spacial score (nSPS) is 12.9. The van der Waals surface area contributed by atoms with Crippen LogP contribution in [0, 0.1) is 11.8 Å². The van der Waals surface area contributed by atoms with Crippen molar-refractivity contribution in [1.29, 1.82) is 0 Å². The van der Waals surface area contributed by atoms with Crippen LogP contribution >= 0.6 is 11.8 Å². The monoisotopic (exact) mass is 268 g/mol. The first-order chi connectivity index (χ1) is 8.61. The Morgan fingerprint density at radius 2 is 2.11 bits per heavy atom. The zero-order chi connectivity index (χ0) is 13.4. The highest BCUT2D eigenvalue weighted by Crippen LogP contribution is 2.18. The molecule has 0 saturated carbocycles. The van der Waals surface area contributed by atoms with Gasteiger partial charge in [-0.2, -0.15) is 0 Å². The van der Waals surface area contributed by atoms with Crippen LogP contribution in [0.5, 0.6) is 0 Å². The minimum atomic E-state index is 0.240. The number of aromatic nitrogens is 1. The topological polar surface area (TPSA) is 45.1 Å². The molecule has 4 heteroatoms. The fourth-order valence-electron chi connectivity index (χ4n) is 1.39. The van der Waals surface area contributed by atoms with Gasteiger partial charge in [-0.25, -0.2) is 4.98 Å². The van der Waals surface area contributed by atoms with Crippen LogP contribution in [-0.2, 0) is 6.54 Å². The molecular formula is C14H24N2OS. The molecule has 3 nitrogen and oxygen atoms in total. The predicted octanol–water partition coefficient (Wildman–Crippen LogP) is 2.55. The van der Waals surface area contributed by atoms with Gasteiger partial charge in [0.1, 0.15) is 0 Å². The van der Waals surface area contributed by atoms with E-state index in [1.807, 2.05) is 13.1 Å². The maximum Gasteiger partial charge on any atom is 0.0960 e. The molecule has 1 unspecified atom stereocenters. The first-order valence-electron chi connectivity index (χ1n) is 6.51. The molecule has 0 spiro atoms. The molecule has 0 radical (unpaired) electrons. The van der Waals surface area contributed by atoms with E-state index in [0.717, 1.165) is 23.9 Å². The van der Waals surface area contributed by atoms with Crippen LogP contribution in [-0.4, -0.2) is 29.0 Å². The van der Waals surface area contributed by atoms with Crippen LogP contribution in [0.15, 0.2) is 23.4 Å². The van der Waals surface area contributed by atoms with E-state index in [9.17, 15) is 0 Å². The molecule has 0 amide bonds. The van der Waals surface area contributed by atoms with E-state index >= 15 is 0 Å². The van der Waals surface area contributed by atoms with Gasteiger partial charge in [-0.05, 0) is 30.0 Å². The van der Waals surface area contributed by atoms with Crippen LogP contribution in [0.2, 0.25) is 0 Å². The highest BCUT2D eigenvalue weighted by atomic mass is 32.2. The third kappa shape index (κ3) is 6.38. The number of pyridine rings is 1. The number of rotatable bonds is 8. The lowest BCUT2D eigenvalue weighted by Crippen LogP contribution is -2.18. The number of nitrogens with zero attached hydrogens (tertiary/aromatic N) is 1. The quantitative estimate of drug-likeness (QED) is 0.711. The molecule has 2 N–H and O–H groups in total. The van der Waals surface area contributed by atoms with E-state index < -0.39 is 0 Å². The van der Waals surface area contributed by atoms with Gasteiger partial charge in [0.25, 0.3) is 0 Å². The first-order valence-corrected chi connectivity index (χ1v) is 7.49. The Hall–Kier alpha value is -0.580. The molecular weight excluding hydrogens is 244 g/mol. The molecule has 0 bridgehead atoms. The Morgan fingerprint density at radius 1 is 1.33 bits per heavy atom. The number of nitrogens with one attached hydrogen (secondary N) is 1. The molecule has 102 valence electrons. The third-order valence-corrected chi connectivity index (χ3v) is 3.78. The predicted molar refractivity (Wildman–Crippen MR) is 77.8 cm³/mol. The SMILES string of the molecule is CC(C)CNCc1ccc(SCC(C)CO)nc1. The maximum atomic E-state index is 8.96. The van der Waals surface area contributed by atoms with E-state index in [0.29, 0.717) is 11.8 Å². The van der Waals surface area contributed by atoms with Crippen LogP contribution in [0.4, 0.5) is 0 Å². The van der Waals surface area contributed by atoms with E-state index in [4.69, 9.17) is 5.11 Å². The Labute approximate surface area is 114 Å². The van der Waals surface area contributed by atoms with Gasteiger partial charge in [-0.1, -0.05) is 26.8 Å². The van der Waals surface area contributed by atoms with E-state index in [-0.39, 0.29) is 6.61 Å². The fraction of sp³-hybridized carbons (Fsp3) is 0.643. The number of hydrogen-bond donors (Lipinski definition) is 2. The number of hydrogen-bond acceptors (Lipinski definition) is 4. The largest absolute Gasteiger partial charge is 0.396 e. The zero-order valence-electron chi connectivity index (χ0n) is 11.5. The van der Waals surface area contributed by atoms with Crippen molar-refractivity contribution in [3.8, 4) is 0 Å². The van der Waals surface area contributed by atoms with Crippen LogP contribution in [0.1, 0.15) is 26.3 Å². The molecule has 1 rings (SSSR count). The van der Waals surface area contributed by atoms with Gasteiger partial charge in [0.05, 0.1) is 5.03 Å². The summed E-state index contributed by atoms with van der Waals surface area (Å²) < 4.78 is 0. The minimum Gasteiger partial charge on any atom is -0.396 e. The van der Waals surface area contributed by atoms with Gasteiger partial charge in [0.2, 0.25) is 0 Å². The van der Waals surface area contributed by atoms with Crippen molar-refractivity contribution >= 4 is 11.8 Å². The number of aliphatic hydroxyl groups excluding tert-OH is 1. The number of thioether (sulfide) groups is 1. The van der Waals surface area contributed by atoms with Gasteiger partial charge in [0.15, 0.2) is 0 Å². The molecule has 0 aliphatic heterocycles. The summed E-state index contributed by atoms with van der Waals surface area (Å²) in [5, 5.41) is 13.4. The molecule has 0 aromatic carbocycles. The Morgan fingerprint density at radius 3 is 2.67 bits per heavy atom. The second-order valence-electron chi connectivity index (χ2n) is 5.13. The van der Waals surface area contributed by atoms with Crippen molar-refractivity contribution in [3.05, 3.63) is 23.9 Å². The van der Waals surface area contributed by atoms with Crippen molar-refractivity contribution < 1.29 is 5.11 Å². The van der Waals surface area contributed by atoms with Gasteiger partial charge >= 0.3 is 0 Å². The van der Waals surface area contributed by atoms with E-state index in [1.54, 1.807) is 11.8 Å². The summed E-state index contributed by atoms with van der Waals surface area (Å²) in [4.78, 5) is 4.42. The summed E-state index contributed by atoms with van der Waals surface area (Å²) in [5.74, 6) is 1.91. The molecule has 0 aliphatic rings. The molecule has 0 saturated heterocycles. The van der Waals surface area contributed by atoms with Crippen LogP contribution in [0.3, 0.4) is 0 Å². The highest BCUT2D eigenvalue weighted by molar-refractivity contribution is 7.99. The summed E-state index contributed by atoms with van der Waals surface area (Å²) in [7, 11) is 0. The minimum absolute atomic E-state index is 0.240. The van der Waals surface area contributed by atoms with Gasteiger partial charge < -0.3 is 10.4 Å². The van der Waals surface area contributed by atoms with Gasteiger partial charge in [-0.3, -0.25) is 0 Å². The zero-order valence-corrected chi connectivity index (χ0v) is 12.3. The third-order valence-electron chi connectivity index (χ3n) is 2.51. The molecule has 1 aromatic rings. The molecule has 1 aromatic heterocycles. The lowest BCUT2D eigenvalue weighted by Gasteiger charge is -2.08. The summed E-state index contributed by atoms with van der Waals surface area (Å²) in [6, 6.07) is 4.17. The lowest BCUT2D eigenvalue weighted by atomic mass is 10.2. The molecule has 1 heterocycles. The standard InChI is InChI=1S/C14H24N2OS/c1-11(2)6-15-7-13-4-5-14(16-8-13)18-10-12(3)9-17/h4-5,8,11-12,15,17H,6-7,9-10H2,1-3H3. The fourth-order valence-corrected chi connectivity index (χ4v) is 2.24. The average Bonchev–Trinajstić information content (AvgIpc) is 2.37. The molecule has 0 aliphatic carbocycles. The van der Waals surface area contributed by atoms with Crippen molar-refractivity contribution in [2.24, 2.45) is 11.8 Å². The summed E-state index contributed by atoms with van der Waals surface area (Å²) in [6.07, 6.45) is 1.93. The summed E-state index contributed by atoms with van der Waals surface area (Å²) in [6.45, 7) is 8.59. The van der Waals surface area contributed by atoms with E-state index in [2.05, 4.69) is 36.3 Å². The van der Waals surface area contributed by atoms with Gasteiger partial charge in [-0.15, -0.1) is 11.8 Å². The molecule has 0 fully saturated rings.